The van der Waals surface area contributed by atoms with Gasteiger partial charge in [-0.3, -0.25) is 14.9 Å². The molecule has 0 atom stereocenters. The van der Waals surface area contributed by atoms with Crippen LogP contribution in [0.25, 0.3) is 0 Å². The molecule has 0 spiro atoms. The van der Waals surface area contributed by atoms with Gasteiger partial charge in [0.15, 0.2) is 5.16 Å². The van der Waals surface area contributed by atoms with E-state index < -0.39 is 0 Å². The van der Waals surface area contributed by atoms with Crippen LogP contribution in [0.15, 0.2) is 23.4 Å². The van der Waals surface area contributed by atoms with E-state index in [1.54, 1.807) is 0 Å². The molecule has 0 saturated heterocycles. The van der Waals surface area contributed by atoms with Crippen molar-refractivity contribution in [2.75, 3.05) is 16.4 Å². The minimum Gasteiger partial charge on any atom is -0.325 e. The monoisotopic (exact) mass is 473 g/mol. The van der Waals surface area contributed by atoms with Gasteiger partial charge in [-0.1, -0.05) is 54.6 Å². The van der Waals surface area contributed by atoms with E-state index >= 15 is 0 Å². The van der Waals surface area contributed by atoms with Gasteiger partial charge in [-0.2, -0.15) is 0 Å². The Labute approximate surface area is 195 Å². The number of nitrogens with one attached hydrogen (secondary N) is 2. The molecular formula is C21H27N7O2S2. The maximum Gasteiger partial charge on any atom is 0.236 e. The second kappa shape index (κ2) is 10.7. The van der Waals surface area contributed by atoms with Crippen molar-refractivity contribution in [1.82, 2.24) is 25.0 Å². The standard InChI is InChI=1S/C21H27N7O2S2/c1-6-28-16(10-17(29)22-15-8-7-13(4)9-14(15)5)24-27-21(28)31-11-18(30)23-20-26-25-19(32-20)12(2)3/h7-9,12H,6,10-11H2,1-5H3,(H,22,29)(H,23,26,30). The fourth-order valence-electron chi connectivity index (χ4n) is 2.97. The molecule has 3 rings (SSSR count). The summed E-state index contributed by atoms with van der Waals surface area (Å²) in [5.74, 6) is 0.625. The SMILES string of the molecule is CCn1c(CC(=O)Nc2ccc(C)cc2C)nnc1SCC(=O)Nc1nnc(C(C)C)s1. The van der Waals surface area contributed by atoms with Gasteiger partial charge in [0.2, 0.25) is 16.9 Å². The van der Waals surface area contributed by atoms with Crippen molar-refractivity contribution < 1.29 is 9.59 Å². The molecule has 2 aromatic heterocycles. The Kier molecular flexibility index (Phi) is 7.97. The summed E-state index contributed by atoms with van der Waals surface area (Å²) < 4.78 is 1.85. The predicted octanol–water partition coefficient (Wildman–Crippen LogP) is 3.80. The van der Waals surface area contributed by atoms with Gasteiger partial charge in [0.05, 0.1) is 12.2 Å². The van der Waals surface area contributed by atoms with Crippen LogP contribution in [-0.2, 0) is 22.6 Å². The molecular weight excluding hydrogens is 446 g/mol. The zero-order chi connectivity index (χ0) is 23.3. The summed E-state index contributed by atoms with van der Waals surface area (Å²) in [5, 5.41) is 24.1. The zero-order valence-electron chi connectivity index (χ0n) is 18.8. The van der Waals surface area contributed by atoms with Crippen LogP contribution in [0.3, 0.4) is 0 Å². The smallest absolute Gasteiger partial charge is 0.236 e. The van der Waals surface area contributed by atoms with E-state index in [0.717, 1.165) is 21.8 Å². The van der Waals surface area contributed by atoms with Crippen LogP contribution in [-0.4, -0.2) is 42.5 Å². The molecule has 32 heavy (non-hydrogen) atoms. The second-order valence-electron chi connectivity index (χ2n) is 7.62. The lowest BCUT2D eigenvalue weighted by Gasteiger charge is -2.10. The van der Waals surface area contributed by atoms with Crippen molar-refractivity contribution in [3.8, 4) is 0 Å². The van der Waals surface area contributed by atoms with Crippen molar-refractivity contribution in [2.45, 2.75) is 58.7 Å². The van der Waals surface area contributed by atoms with Crippen LogP contribution < -0.4 is 10.6 Å². The third-order valence-electron chi connectivity index (χ3n) is 4.60. The second-order valence-corrected chi connectivity index (χ2v) is 9.57. The number of hydrogen-bond donors (Lipinski definition) is 2. The average molecular weight is 474 g/mol. The predicted molar refractivity (Wildman–Crippen MR) is 127 cm³/mol. The van der Waals surface area contributed by atoms with Crippen molar-refractivity contribution >= 4 is 45.7 Å². The normalized spacial score (nSPS) is 11.1. The van der Waals surface area contributed by atoms with Gasteiger partial charge in [0, 0.05) is 18.2 Å². The van der Waals surface area contributed by atoms with E-state index in [2.05, 4.69) is 31.0 Å². The van der Waals surface area contributed by atoms with E-state index in [1.165, 1.54) is 23.1 Å². The van der Waals surface area contributed by atoms with Gasteiger partial charge >= 0.3 is 0 Å². The summed E-state index contributed by atoms with van der Waals surface area (Å²) in [6.07, 6.45) is 0.101. The fraction of sp³-hybridized carbons (Fsp3) is 0.429. The van der Waals surface area contributed by atoms with Gasteiger partial charge in [0.25, 0.3) is 0 Å². The minimum absolute atomic E-state index is 0.101. The molecule has 0 saturated carbocycles. The Hall–Kier alpha value is -2.79. The lowest BCUT2D eigenvalue weighted by Crippen LogP contribution is -2.18. The summed E-state index contributed by atoms with van der Waals surface area (Å²) >= 11 is 2.64. The summed E-state index contributed by atoms with van der Waals surface area (Å²) in [6.45, 7) is 10.6. The molecule has 2 amide bonds. The lowest BCUT2D eigenvalue weighted by molar-refractivity contribution is -0.116. The quantitative estimate of drug-likeness (QED) is 0.454. The Morgan fingerprint density at radius 3 is 2.53 bits per heavy atom. The van der Waals surface area contributed by atoms with Crippen molar-refractivity contribution in [3.05, 3.63) is 40.2 Å². The molecule has 11 heteroatoms. The Morgan fingerprint density at radius 1 is 1.09 bits per heavy atom. The molecule has 9 nitrogen and oxygen atoms in total. The largest absolute Gasteiger partial charge is 0.325 e. The number of thioether (sulfide) groups is 1. The topological polar surface area (TPSA) is 115 Å². The number of rotatable bonds is 9. The molecule has 2 heterocycles. The van der Waals surface area contributed by atoms with Crippen LogP contribution in [0.4, 0.5) is 10.8 Å². The van der Waals surface area contributed by atoms with Gasteiger partial charge in [-0.15, -0.1) is 20.4 Å². The first-order chi connectivity index (χ1) is 15.3. The number of aryl methyl sites for hydroxylation is 2. The number of hydrogen-bond acceptors (Lipinski definition) is 8. The van der Waals surface area contributed by atoms with Crippen LogP contribution in [0, 0.1) is 13.8 Å². The van der Waals surface area contributed by atoms with E-state index in [1.807, 2.05) is 57.4 Å². The maximum atomic E-state index is 12.5. The number of amides is 2. The third-order valence-corrected chi connectivity index (χ3v) is 6.70. The Morgan fingerprint density at radius 2 is 1.88 bits per heavy atom. The Bertz CT molecular complexity index is 1110. The first kappa shape index (κ1) is 23.9. The average Bonchev–Trinajstić information content (AvgIpc) is 3.35. The lowest BCUT2D eigenvalue weighted by atomic mass is 10.1. The highest BCUT2D eigenvalue weighted by Gasteiger charge is 2.17. The van der Waals surface area contributed by atoms with E-state index in [9.17, 15) is 9.59 Å². The Balaban J connectivity index is 1.57. The van der Waals surface area contributed by atoms with Gasteiger partial charge in [-0.25, -0.2) is 0 Å². The van der Waals surface area contributed by atoms with Crippen LogP contribution in [0.1, 0.15) is 48.6 Å². The molecule has 0 unspecified atom stereocenters. The number of nitrogens with zero attached hydrogens (tertiary/aromatic N) is 5. The number of anilines is 2. The van der Waals surface area contributed by atoms with E-state index in [4.69, 9.17) is 0 Å². The molecule has 0 aliphatic carbocycles. The van der Waals surface area contributed by atoms with Crippen molar-refractivity contribution in [3.63, 3.8) is 0 Å². The molecule has 170 valence electrons. The van der Waals surface area contributed by atoms with Gasteiger partial charge < -0.3 is 9.88 Å². The molecule has 0 aliphatic heterocycles. The highest BCUT2D eigenvalue weighted by molar-refractivity contribution is 7.99. The zero-order valence-corrected chi connectivity index (χ0v) is 20.4. The number of carbonyl (C=O) groups is 2. The molecule has 0 fully saturated rings. The summed E-state index contributed by atoms with van der Waals surface area (Å²) in [6, 6.07) is 5.88. The van der Waals surface area contributed by atoms with Gasteiger partial charge in [0.1, 0.15) is 10.8 Å². The first-order valence-corrected chi connectivity index (χ1v) is 12.1. The molecule has 0 aliphatic rings. The molecule has 1 aromatic carbocycles. The van der Waals surface area contributed by atoms with Crippen molar-refractivity contribution in [1.29, 1.82) is 0 Å². The van der Waals surface area contributed by atoms with E-state index in [0.29, 0.717) is 22.7 Å². The van der Waals surface area contributed by atoms with Crippen LogP contribution in [0.2, 0.25) is 0 Å². The number of carbonyl (C=O) groups excluding carboxylic acids is 2. The minimum atomic E-state index is -0.193. The maximum absolute atomic E-state index is 12.5. The van der Waals surface area contributed by atoms with Crippen LogP contribution in [0.5, 0.6) is 0 Å². The highest BCUT2D eigenvalue weighted by atomic mass is 32.2. The number of benzene rings is 1. The molecule has 3 aromatic rings. The van der Waals surface area contributed by atoms with Gasteiger partial charge in [-0.05, 0) is 32.4 Å². The third kappa shape index (κ3) is 6.13. The molecule has 0 bridgehead atoms. The van der Waals surface area contributed by atoms with E-state index in [-0.39, 0.29) is 29.9 Å². The molecule has 0 radical (unpaired) electrons. The summed E-state index contributed by atoms with van der Waals surface area (Å²) in [5.41, 5.74) is 2.93. The van der Waals surface area contributed by atoms with Crippen LogP contribution >= 0.6 is 23.1 Å². The number of aromatic nitrogens is 5. The fourth-order valence-corrected chi connectivity index (χ4v) is 4.55. The summed E-state index contributed by atoms with van der Waals surface area (Å²) in [4.78, 5) is 24.8. The summed E-state index contributed by atoms with van der Waals surface area (Å²) in [7, 11) is 0. The first-order valence-electron chi connectivity index (χ1n) is 10.3. The highest BCUT2D eigenvalue weighted by Crippen LogP contribution is 2.23. The van der Waals surface area contributed by atoms with Crippen molar-refractivity contribution in [2.24, 2.45) is 0 Å². The molecule has 2 N–H and O–H groups in total.